The van der Waals surface area contributed by atoms with Gasteiger partial charge in [-0.1, -0.05) is 13.8 Å². The van der Waals surface area contributed by atoms with Gasteiger partial charge in [0.1, 0.15) is 0 Å². The molecule has 10 heavy (non-hydrogen) atoms. The Kier molecular flexibility index (Phi) is 2.72. The van der Waals surface area contributed by atoms with Gasteiger partial charge in [0, 0.05) is 0 Å². The Labute approximate surface area is 63.8 Å². The molecule has 0 amide bonds. The van der Waals surface area contributed by atoms with Gasteiger partial charge in [-0.3, -0.25) is 0 Å². The van der Waals surface area contributed by atoms with Crippen LogP contribution in [0, 0.1) is 5.92 Å². The predicted octanol–water partition coefficient (Wildman–Crippen LogP) is 2.60. The second kappa shape index (κ2) is 3.38. The van der Waals surface area contributed by atoms with Crippen LogP contribution in [-0.2, 0) is 4.74 Å². The van der Waals surface area contributed by atoms with E-state index in [0.29, 0.717) is 12.2 Å². The summed E-state index contributed by atoms with van der Waals surface area (Å²) in [6, 6.07) is 0. The van der Waals surface area contributed by atoms with Gasteiger partial charge < -0.3 is 4.74 Å². The van der Waals surface area contributed by atoms with Crippen molar-refractivity contribution in [2.24, 2.45) is 5.92 Å². The molecule has 0 aromatic rings. The monoisotopic (exact) mass is 142 g/mol. The van der Waals surface area contributed by atoms with Gasteiger partial charge in [0.25, 0.3) is 0 Å². The molecule has 1 heteroatoms. The van der Waals surface area contributed by atoms with Crippen LogP contribution in [0.1, 0.15) is 40.0 Å². The van der Waals surface area contributed by atoms with Crippen molar-refractivity contribution in [2.75, 3.05) is 0 Å². The zero-order valence-corrected chi connectivity index (χ0v) is 7.26. The molecule has 1 saturated heterocycles. The molecule has 60 valence electrons. The van der Waals surface area contributed by atoms with Gasteiger partial charge >= 0.3 is 0 Å². The van der Waals surface area contributed by atoms with Crippen molar-refractivity contribution < 1.29 is 4.74 Å². The molecule has 0 aliphatic carbocycles. The average Bonchev–Trinajstić information content (AvgIpc) is 1.95. The third-order valence-corrected chi connectivity index (χ3v) is 2.61. The van der Waals surface area contributed by atoms with Crippen molar-refractivity contribution >= 4 is 0 Å². The average molecular weight is 142 g/mol. The van der Waals surface area contributed by atoms with Crippen LogP contribution in [0.5, 0.6) is 0 Å². The van der Waals surface area contributed by atoms with Crippen LogP contribution in [0.2, 0.25) is 0 Å². The lowest BCUT2D eigenvalue weighted by Crippen LogP contribution is -2.30. The maximum atomic E-state index is 5.75. The quantitative estimate of drug-likeness (QED) is 0.547. The standard InChI is InChI=1S/C9H18O/c1-4-9-6-5-7(2)8(3)10-9/h7-9H,4-6H2,1-3H3/t7-,8?,9+/m0/s1. The first-order chi connectivity index (χ1) is 4.74. The van der Waals surface area contributed by atoms with E-state index >= 15 is 0 Å². The summed E-state index contributed by atoms with van der Waals surface area (Å²) in [6.45, 7) is 6.66. The molecule has 1 unspecified atom stereocenters. The van der Waals surface area contributed by atoms with E-state index in [1.54, 1.807) is 0 Å². The lowest BCUT2D eigenvalue weighted by atomic mass is 9.93. The van der Waals surface area contributed by atoms with Crippen LogP contribution in [0.4, 0.5) is 0 Å². The predicted molar refractivity (Wildman–Crippen MR) is 43.0 cm³/mol. The summed E-state index contributed by atoms with van der Waals surface area (Å²) < 4.78 is 5.75. The first-order valence-corrected chi connectivity index (χ1v) is 4.39. The fourth-order valence-electron chi connectivity index (χ4n) is 1.49. The van der Waals surface area contributed by atoms with Gasteiger partial charge in [-0.15, -0.1) is 0 Å². The molecule has 1 nitrogen and oxygen atoms in total. The minimum Gasteiger partial charge on any atom is -0.375 e. The molecule has 0 bridgehead atoms. The molecule has 0 spiro atoms. The largest absolute Gasteiger partial charge is 0.375 e. The molecular weight excluding hydrogens is 124 g/mol. The van der Waals surface area contributed by atoms with E-state index in [-0.39, 0.29) is 0 Å². The van der Waals surface area contributed by atoms with Crippen molar-refractivity contribution in [3.63, 3.8) is 0 Å². The van der Waals surface area contributed by atoms with Crippen LogP contribution in [0.25, 0.3) is 0 Å². The Hall–Kier alpha value is -0.0400. The second-order valence-electron chi connectivity index (χ2n) is 3.43. The van der Waals surface area contributed by atoms with Gasteiger partial charge in [0.15, 0.2) is 0 Å². The first-order valence-electron chi connectivity index (χ1n) is 4.39. The molecule has 0 aromatic heterocycles. The molecule has 0 N–H and O–H groups in total. The van der Waals surface area contributed by atoms with Gasteiger partial charge in [-0.25, -0.2) is 0 Å². The van der Waals surface area contributed by atoms with Crippen molar-refractivity contribution in [1.29, 1.82) is 0 Å². The summed E-state index contributed by atoms with van der Waals surface area (Å²) in [7, 11) is 0. The molecule has 1 aliphatic heterocycles. The van der Waals surface area contributed by atoms with Crippen molar-refractivity contribution in [3.8, 4) is 0 Å². The van der Waals surface area contributed by atoms with E-state index in [9.17, 15) is 0 Å². The van der Waals surface area contributed by atoms with Crippen molar-refractivity contribution in [3.05, 3.63) is 0 Å². The van der Waals surface area contributed by atoms with E-state index in [1.807, 2.05) is 0 Å². The van der Waals surface area contributed by atoms with Crippen molar-refractivity contribution in [2.45, 2.75) is 52.2 Å². The van der Waals surface area contributed by atoms with Crippen LogP contribution >= 0.6 is 0 Å². The Morgan fingerprint density at radius 1 is 1.30 bits per heavy atom. The third-order valence-electron chi connectivity index (χ3n) is 2.61. The minimum absolute atomic E-state index is 0.485. The molecule has 1 heterocycles. The van der Waals surface area contributed by atoms with E-state index in [1.165, 1.54) is 19.3 Å². The Bertz CT molecular complexity index is 101. The first kappa shape index (κ1) is 8.06. The maximum absolute atomic E-state index is 5.75. The Morgan fingerprint density at radius 3 is 2.50 bits per heavy atom. The van der Waals surface area contributed by atoms with E-state index in [4.69, 9.17) is 4.74 Å². The van der Waals surface area contributed by atoms with Gasteiger partial charge in [-0.2, -0.15) is 0 Å². The lowest BCUT2D eigenvalue weighted by Gasteiger charge is -2.32. The number of ether oxygens (including phenoxy) is 1. The molecule has 1 aliphatic rings. The molecule has 3 atom stereocenters. The third kappa shape index (κ3) is 1.72. The summed E-state index contributed by atoms with van der Waals surface area (Å²) in [4.78, 5) is 0. The fourth-order valence-corrected chi connectivity index (χ4v) is 1.49. The molecule has 0 aromatic carbocycles. The highest BCUT2D eigenvalue weighted by Gasteiger charge is 2.23. The van der Waals surface area contributed by atoms with E-state index in [0.717, 1.165) is 5.92 Å². The topological polar surface area (TPSA) is 9.23 Å². The smallest absolute Gasteiger partial charge is 0.0576 e. The summed E-state index contributed by atoms with van der Waals surface area (Å²) in [5, 5.41) is 0. The summed E-state index contributed by atoms with van der Waals surface area (Å²) in [5.41, 5.74) is 0. The number of rotatable bonds is 1. The van der Waals surface area contributed by atoms with Crippen LogP contribution < -0.4 is 0 Å². The van der Waals surface area contributed by atoms with Crippen LogP contribution in [0.3, 0.4) is 0 Å². The van der Waals surface area contributed by atoms with Crippen molar-refractivity contribution in [1.82, 2.24) is 0 Å². The highest BCUT2D eigenvalue weighted by Crippen LogP contribution is 2.25. The van der Waals surface area contributed by atoms with E-state index in [2.05, 4.69) is 20.8 Å². The minimum atomic E-state index is 0.485. The Morgan fingerprint density at radius 2 is 2.00 bits per heavy atom. The van der Waals surface area contributed by atoms with Gasteiger partial charge in [-0.05, 0) is 32.1 Å². The molecule has 1 rings (SSSR count). The van der Waals surface area contributed by atoms with Crippen LogP contribution in [0.15, 0.2) is 0 Å². The molecule has 1 fully saturated rings. The number of hydrogen-bond acceptors (Lipinski definition) is 1. The fraction of sp³-hybridized carbons (Fsp3) is 1.00. The van der Waals surface area contributed by atoms with E-state index < -0.39 is 0 Å². The molecule has 0 radical (unpaired) electrons. The highest BCUT2D eigenvalue weighted by molar-refractivity contribution is 4.72. The van der Waals surface area contributed by atoms with Crippen LogP contribution in [-0.4, -0.2) is 12.2 Å². The number of hydrogen-bond donors (Lipinski definition) is 0. The lowest BCUT2D eigenvalue weighted by molar-refractivity contribution is -0.0695. The second-order valence-corrected chi connectivity index (χ2v) is 3.43. The highest BCUT2D eigenvalue weighted by atomic mass is 16.5. The van der Waals surface area contributed by atoms with Gasteiger partial charge in [0.2, 0.25) is 0 Å². The molecule has 0 saturated carbocycles. The summed E-state index contributed by atoms with van der Waals surface area (Å²) in [6.07, 6.45) is 4.82. The summed E-state index contributed by atoms with van der Waals surface area (Å²) >= 11 is 0. The zero-order valence-electron chi connectivity index (χ0n) is 7.26. The SMILES string of the molecule is CC[C@@H]1CC[C@H](C)C(C)O1. The Balaban J connectivity index is 2.33. The zero-order chi connectivity index (χ0) is 7.56. The molecular formula is C9H18O. The van der Waals surface area contributed by atoms with Gasteiger partial charge in [0.05, 0.1) is 12.2 Å². The maximum Gasteiger partial charge on any atom is 0.0576 e. The normalized spacial score (nSPS) is 41.7. The summed E-state index contributed by atoms with van der Waals surface area (Å²) in [5.74, 6) is 0.766.